The average Bonchev–Trinajstić information content (AvgIpc) is 2.51. The van der Waals surface area contributed by atoms with Crippen molar-refractivity contribution in [3.63, 3.8) is 0 Å². The van der Waals surface area contributed by atoms with Crippen molar-refractivity contribution in [2.45, 2.75) is 96.1 Å². The normalized spacial score (nSPS) is 15.1. The number of aliphatic hydroxyl groups is 2. The van der Waals surface area contributed by atoms with Gasteiger partial charge in [-0.3, -0.25) is 0 Å². The van der Waals surface area contributed by atoms with E-state index < -0.39 is 6.10 Å². The monoisotopic (exact) mass is 342 g/mol. The van der Waals surface area contributed by atoms with Gasteiger partial charge in [0.2, 0.25) is 0 Å². The molecular formula is C21H44NO2+. The molecule has 0 amide bonds. The summed E-state index contributed by atoms with van der Waals surface area (Å²) in [5.41, 5.74) is 0. The van der Waals surface area contributed by atoms with Crippen molar-refractivity contribution in [3.05, 3.63) is 12.2 Å². The zero-order valence-corrected chi connectivity index (χ0v) is 16.8. The van der Waals surface area contributed by atoms with Gasteiger partial charge in [-0.1, -0.05) is 83.3 Å². The summed E-state index contributed by atoms with van der Waals surface area (Å²) in [4.78, 5) is 0. The first-order chi connectivity index (χ1) is 11.4. The van der Waals surface area contributed by atoms with E-state index in [4.69, 9.17) is 0 Å². The summed E-state index contributed by atoms with van der Waals surface area (Å²) in [7, 11) is 6.01. The SMILES string of the molecule is CCCCCCCCCCCCCC=C[C@@H](O)[C@H](CO)[N+](C)(C)C. The van der Waals surface area contributed by atoms with Crippen LogP contribution >= 0.6 is 0 Å². The van der Waals surface area contributed by atoms with Gasteiger partial charge in [-0.15, -0.1) is 0 Å². The molecule has 0 saturated heterocycles. The van der Waals surface area contributed by atoms with Gasteiger partial charge in [0.1, 0.15) is 12.1 Å². The lowest BCUT2D eigenvalue weighted by Gasteiger charge is -2.34. The summed E-state index contributed by atoms with van der Waals surface area (Å²) in [6.07, 6.45) is 19.4. The standard InChI is InChI=1S/C21H44NO2/c1-5-6-7-8-9-10-11-12-13-14-15-16-17-18-21(24)20(19-23)22(2,3)4/h17-18,20-21,23-24H,5-16,19H2,1-4H3/q+1/t20-,21+/m0/s1. The number of allylic oxidation sites excluding steroid dienone is 1. The maximum Gasteiger partial charge on any atom is 0.142 e. The molecule has 0 aliphatic carbocycles. The van der Waals surface area contributed by atoms with Gasteiger partial charge < -0.3 is 14.7 Å². The Morgan fingerprint density at radius 2 is 1.25 bits per heavy atom. The van der Waals surface area contributed by atoms with E-state index in [1.165, 1.54) is 70.6 Å². The minimum absolute atomic E-state index is 0.00739. The lowest BCUT2D eigenvalue weighted by molar-refractivity contribution is -0.899. The molecule has 2 N–H and O–H groups in total. The molecule has 0 unspecified atom stereocenters. The second-order valence-corrected chi connectivity index (χ2v) is 8.11. The van der Waals surface area contributed by atoms with E-state index in [1.807, 2.05) is 27.2 Å². The topological polar surface area (TPSA) is 40.5 Å². The van der Waals surface area contributed by atoms with E-state index in [2.05, 4.69) is 13.0 Å². The van der Waals surface area contributed by atoms with E-state index in [-0.39, 0.29) is 12.6 Å². The van der Waals surface area contributed by atoms with Crippen LogP contribution in [0.3, 0.4) is 0 Å². The first kappa shape index (κ1) is 23.6. The van der Waals surface area contributed by atoms with E-state index >= 15 is 0 Å². The van der Waals surface area contributed by atoms with Crippen LogP contribution in [0, 0.1) is 0 Å². The third-order valence-corrected chi connectivity index (χ3v) is 4.88. The molecule has 0 saturated carbocycles. The highest BCUT2D eigenvalue weighted by Gasteiger charge is 2.28. The van der Waals surface area contributed by atoms with Crippen LogP contribution in [0.1, 0.15) is 84.0 Å². The van der Waals surface area contributed by atoms with Crippen LogP contribution in [0.15, 0.2) is 12.2 Å². The largest absolute Gasteiger partial charge is 0.390 e. The van der Waals surface area contributed by atoms with Crippen molar-refractivity contribution in [3.8, 4) is 0 Å². The molecule has 0 aliphatic heterocycles. The molecule has 0 aromatic rings. The summed E-state index contributed by atoms with van der Waals surface area (Å²) < 4.78 is 0.570. The molecule has 0 radical (unpaired) electrons. The quantitative estimate of drug-likeness (QED) is 0.243. The smallest absolute Gasteiger partial charge is 0.142 e. The van der Waals surface area contributed by atoms with Crippen LogP contribution < -0.4 is 0 Å². The maximum absolute atomic E-state index is 10.2. The predicted molar refractivity (Wildman–Crippen MR) is 105 cm³/mol. The van der Waals surface area contributed by atoms with Crippen LogP contribution in [0.25, 0.3) is 0 Å². The number of nitrogens with zero attached hydrogens (tertiary/aromatic N) is 1. The summed E-state index contributed by atoms with van der Waals surface area (Å²) in [6, 6.07) is -0.154. The van der Waals surface area contributed by atoms with Crippen molar-refractivity contribution in [2.75, 3.05) is 27.7 Å². The van der Waals surface area contributed by atoms with Gasteiger partial charge >= 0.3 is 0 Å². The summed E-state index contributed by atoms with van der Waals surface area (Å²) in [5.74, 6) is 0. The Morgan fingerprint density at radius 1 is 0.792 bits per heavy atom. The number of likely N-dealkylation sites (N-methyl/N-ethyl adjacent to an activating group) is 1. The number of rotatable bonds is 16. The molecule has 0 heterocycles. The molecule has 0 spiro atoms. The lowest BCUT2D eigenvalue weighted by Crippen LogP contribution is -2.53. The molecule has 0 fully saturated rings. The molecule has 144 valence electrons. The molecule has 3 heteroatoms. The van der Waals surface area contributed by atoms with Crippen LogP contribution in [0.5, 0.6) is 0 Å². The van der Waals surface area contributed by atoms with Crippen molar-refractivity contribution in [1.29, 1.82) is 0 Å². The third kappa shape index (κ3) is 13.0. The number of aliphatic hydroxyl groups excluding tert-OH is 2. The van der Waals surface area contributed by atoms with Crippen LogP contribution in [0.4, 0.5) is 0 Å². The molecular weight excluding hydrogens is 298 g/mol. The van der Waals surface area contributed by atoms with Gasteiger partial charge in [0.05, 0.1) is 27.7 Å². The number of hydrogen-bond acceptors (Lipinski definition) is 2. The van der Waals surface area contributed by atoms with E-state index in [9.17, 15) is 10.2 Å². The third-order valence-electron chi connectivity index (χ3n) is 4.88. The van der Waals surface area contributed by atoms with Crippen LogP contribution in [0.2, 0.25) is 0 Å². The molecule has 2 atom stereocenters. The predicted octanol–water partition coefficient (Wildman–Crippen LogP) is 4.67. The molecule has 0 aromatic carbocycles. The van der Waals surface area contributed by atoms with Gasteiger partial charge in [0.15, 0.2) is 0 Å². The fourth-order valence-corrected chi connectivity index (χ4v) is 3.10. The maximum atomic E-state index is 10.2. The Labute approximate surface area is 151 Å². The highest BCUT2D eigenvalue weighted by atomic mass is 16.3. The Balaban J connectivity index is 3.52. The van der Waals surface area contributed by atoms with Crippen molar-refractivity contribution in [2.24, 2.45) is 0 Å². The van der Waals surface area contributed by atoms with Crippen LogP contribution in [-0.2, 0) is 0 Å². The van der Waals surface area contributed by atoms with E-state index in [0.29, 0.717) is 4.48 Å². The van der Waals surface area contributed by atoms with Gasteiger partial charge in [0.25, 0.3) is 0 Å². The molecule has 0 aliphatic rings. The lowest BCUT2D eigenvalue weighted by atomic mass is 10.0. The fourth-order valence-electron chi connectivity index (χ4n) is 3.10. The van der Waals surface area contributed by atoms with E-state index in [1.54, 1.807) is 0 Å². The van der Waals surface area contributed by atoms with Gasteiger partial charge in [-0.25, -0.2) is 0 Å². The molecule has 0 aromatic heterocycles. The van der Waals surface area contributed by atoms with Crippen molar-refractivity contribution in [1.82, 2.24) is 0 Å². The van der Waals surface area contributed by atoms with E-state index in [0.717, 1.165) is 6.42 Å². The highest BCUT2D eigenvalue weighted by molar-refractivity contribution is 4.92. The summed E-state index contributed by atoms with van der Waals surface area (Å²) in [5, 5.41) is 19.6. The average molecular weight is 343 g/mol. The number of hydrogen-bond donors (Lipinski definition) is 2. The molecule has 0 rings (SSSR count). The number of unbranched alkanes of at least 4 members (excludes halogenated alkanes) is 11. The minimum atomic E-state index is -0.567. The van der Waals surface area contributed by atoms with Crippen molar-refractivity contribution < 1.29 is 14.7 Å². The molecule has 0 bridgehead atoms. The number of quaternary nitrogens is 1. The summed E-state index contributed by atoms with van der Waals surface area (Å²) >= 11 is 0. The highest BCUT2D eigenvalue weighted by Crippen LogP contribution is 2.13. The van der Waals surface area contributed by atoms with Gasteiger partial charge in [-0.05, 0) is 12.8 Å². The summed E-state index contributed by atoms with van der Waals surface area (Å²) in [6.45, 7) is 2.28. The van der Waals surface area contributed by atoms with Crippen molar-refractivity contribution >= 4 is 0 Å². The molecule has 24 heavy (non-hydrogen) atoms. The fraction of sp³-hybridized carbons (Fsp3) is 0.905. The Bertz CT molecular complexity index is 297. The first-order valence-electron chi connectivity index (χ1n) is 10.2. The Kier molecular flexibility index (Phi) is 14.7. The zero-order valence-electron chi connectivity index (χ0n) is 16.8. The minimum Gasteiger partial charge on any atom is -0.390 e. The molecule has 3 nitrogen and oxygen atoms in total. The Morgan fingerprint density at radius 3 is 1.67 bits per heavy atom. The zero-order chi connectivity index (χ0) is 18.3. The van der Waals surface area contributed by atoms with Gasteiger partial charge in [-0.2, -0.15) is 0 Å². The van der Waals surface area contributed by atoms with Gasteiger partial charge in [0, 0.05) is 0 Å². The first-order valence-corrected chi connectivity index (χ1v) is 10.2. The Hall–Kier alpha value is -0.380. The second kappa shape index (κ2) is 14.9. The van der Waals surface area contributed by atoms with Crippen LogP contribution in [-0.4, -0.2) is 54.6 Å². The second-order valence-electron chi connectivity index (χ2n) is 8.11.